The second-order valence-electron chi connectivity index (χ2n) is 11.4. The number of hydrogen-bond donors (Lipinski definition) is 3. The third-order valence-corrected chi connectivity index (χ3v) is 7.25. The predicted molar refractivity (Wildman–Crippen MR) is 206 cm³/mol. The zero-order chi connectivity index (χ0) is 36.5. The van der Waals surface area contributed by atoms with Crippen molar-refractivity contribution in [1.29, 1.82) is 10.8 Å². The van der Waals surface area contributed by atoms with E-state index in [9.17, 15) is 9.59 Å². The molecule has 0 heterocycles. The average Bonchev–Trinajstić information content (AvgIpc) is 3.14. The maximum absolute atomic E-state index is 11.6. The van der Waals surface area contributed by atoms with Crippen LogP contribution >= 0.6 is 0 Å². The first kappa shape index (κ1) is 46.0. The fraction of sp³-hybridized carbons (Fsp3) is 0.136. The number of amides is 1. The van der Waals surface area contributed by atoms with E-state index in [0.717, 1.165) is 23.1 Å². The molecule has 0 bridgehead atoms. The van der Waals surface area contributed by atoms with Gasteiger partial charge in [-0.3, -0.25) is 4.79 Å². The topological polar surface area (TPSA) is 103 Å². The number of fused-ring (bicyclic) bond motifs is 1. The van der Waals surface area contributed by atoms with E-state index in [2.05, 4.69) is 98.1 Å². The maximum atomic E-state index is 11.6. The summed E-state index contributed by atoms with van der Waals surface area (Å²) in [6, 6.07) is 40.0. The molecule has 1 amide bonds. The van der Waals surface area contributed by atoms with Crippen LogP contribution in [-0.4, -0.2) is 24.3 Å². The van der Waals surface area contributed by atoms with Crippen LogP contribution in [0.25, 0.3) is 33.0 Å². The van der Waals surface area contributed by atoms with Crippen LogP contribution in [0.3, 0.4) is 0 Å². The van der Waals surface area contributed by atoms with Gasteiger partial charge in [0.25, 0.3) is 0 Å². The number of rotatable bonds is 11. The monoisotopic (exact) mass is 1140 g/mol. The summed E-state index contributed by atoms with van der Waals surface area (Å²) >= 11 is 0. The molecule has 0 aliphatic heterocycles. The van der Waals surface area contributed by atoms with Crippen LogP contribution in [0.15, 0.2) is 140 Å². The van der Waals surface area contributed by atoms with Gasteiger partial charge < -0.3 is 27.1 Å². The van der Waals surface area contributed by atoms with Crippen LogP contribution in [0.5, 0.6) is 5.75 Å². The van der Waals surface area contributed by atoms with Gasteiger partial charge in [-0.05, 0) is 65.1 Å². The number of carbonyl (C=O) groups excluding carboxylic acids is 2. The van der Waals surface area contributed by atoms with Crippen molar-refractivity contribution in [2.24, 2.45) is 0 Å². The number of ether oxygens (including phenoxy) is 1. The smallest absolute Gasteiger partial charge is 0.519 e. The summed E-state index contributed by atoms with van der Waals surface area (Å²) in [7, 11) is 0. The Morgan fingerprint density at radius 3 is 1.81 bits per heavy atom. The molecule has 0 aliphatic rings. The molecule has 0 fully saturated rings. The van der Waals surface area contributed by atoms with E-state index in [1.54, 1.807) is 32.0 Å². The molecule has 8 heteroatoms. The molecule has 5 aromatic carbocycles. The Hall–Kier alpha value is -4.04. The van der Waals surface area contributed by atoms with Gasteiger partial charge in [-0.2, -0.15) is 66.7 Å². The quantitative estimate of drug-likeness (QED) is 0.0404. The van der Waals surface area contributed by atoms with Crippen molar-refractivity contribution in [3.05, 3.63) is 157 Å². The molecule has 258 valence electrons. The summed E-state index contributed by atoms with van der Waals surface area (Å²) in [5, 5.41) is 18.3. The fourth-order valence-corrected chi connectivity index (χ4v) is 4.41. The molecule has 0 radical (unpaired) electrons. The first-order valence-corrected chi connectivity index (χ1v) is 16.0. The first-order valence-electron chi connectivity index (χ1n) is 16.0. The van der Waals surface area contributed by atoms with Crippen molar-refractivity contribution in [1.82, 2.24) is 0 Å². The Kier molecular flexibility index (Phi) is 21.4. The molecule has 6 nitrogen and oxygen atoms in total. The molecule has 0 aliphatic carbocycles. The van der Waals surface area contributed by atoms with Gasteiger partial charge in [0.1, 0.15) is 5.75 Å². The van der Waals surface area contributed by atoms with Gasteiger partial charge in [-0.15, -0.1) is 11.6 Å². The molecule has 3 N–H and O–H groups in total. The van der Waals surface area contributed by atoms with E-state index < -0.39 is 5.97 Å². The molecule has 0 saturated carbocycles. The minimum atomic E-state index is -0.412. The van der Waals surface area contributed by atoms with Gasteiger partial charge in [-0.1, -0.05) is 75.5 Å². The third-order valence-electron chi connectivity index (χ3n) is 7.25. The Balaban J connectivity index is 0.000000484. The predicted octanol–water partition coefficient (Wildman–Crippen LogP) is 10.4. The van der Waals surface area contributed by atoms with E-state index in [1.165, 1.54) is 21.9 Å². The van der Waals surface area contributed by atoms with E-state index >= 15 is 0 Å². The summed E-state index contributed by atoms with van der Waals surface area (Å²) in [6.07, 6.45) is 6.39. The van der Waals surface area contributed by atoms with Crippen LogP contribution in [-0.2, 0) is 16.0 Å². The molecule has 5 aromatic rings. The Labute approximate surface area is 355 Å². The van der Waals surface area contributed by atoms with Crippen molar-refractivity contribution < 1.29 is 76.6 Å². The summed E-state index contributed by atoms with van der Waals surface area (Å²) in [5.41, 5.74) is 7.87. The van der Waals surface area contributed by atoms with Crippen molar-refractivity contribution in [2.45, 2.75) is 40.0 Å². The number of nitrogens with one attached hydrogen (secondary N) is 3. The number of benzene rings is 5. The van der Waals surface area contributed by atoms with Crippen molar-refractivity contribution >= 4 is 40.8 Å². The average molecular weight is 1140 g/mol. The normalized spacial score (nSPS) is 9.52. The largest absolute Gasteiger partial charge is 2.00 e. The van der Waals surface area contributed by atoms with Gasteiger partial charge in [0.2, 0.25) is 5.91 Å². The minimum Gasteiger partial charge on any atom is -0.519 e. The number of carbonyl (C=O) groups is 2. The molecule has 0 aromatic heterocycles. The number of esters is 1. The Morgan fingerprint density at radius 1 is 0.769 bits per heavy atom. The summed E-state index contributed by atoms with van der Waals surface area (Å²) in [4.78, 5) is 23.2. The maximum Gasteiger partial charge on any atom is 2.00 e. The Bertz CT molecular complexity index is 1990. The van der Waals surface area contributed by atoms with E-state index in [4.69, 9.17) is 15.6 Å². The minimum absolute atomic E-state index is 0. The second kappa shape index (κ2) is 24.3. The molecule has 0 spiro atoms. The summed E-state index contributed by atoms with van der Waals surface area (Å²) in [5.74, 6) is -0.0626. The van der Waals surface area contributed by atoms with E-state index in [0.29, 0.717) is 41.0 Å². The molecule has 0 saturated heterocycles. The fourth-order valence-electron chi connectivity index (χ4n) is 4.41. The molecular weight excluding hydrogens is 1090 g/mol. The first-order chi connectivity index (χ1) is 24.0. The molecule has 0 unspecified atom stereocenters. The second-order valence-corrected chi connectivity index (χ2v) is 11.4. The van der Waals surface area contributed by atoms with Crippen molar-refractivity contribution in [2.75, 3.05) is 5.32 Å². The van der Waals surface area contributed by atoms with Crippen LogP contribution in [0, 0.1) is 85.2 Å². The van der Waals surface area contributed by atoms with Crippen LogP contribution in [0.4, 0.5) is 5.69 Å². The summed E-state index contributed by atoms with van der Waals surface area (Å²) in [6.45, 7) is 15.9. The van der Waals surface area contributed by atoms with Gasteiger partial charge in [0.15, 0.2) is 0 Å². The van der Waals surface area contributed by atoms with Crippen molar-refractivity contribution in [3.63, 3.8) is 0 Å². The zero-order valence-electron chi connectivity index (χ0n) is 29.8. The number of aryl methyl sites for hydroxylation is 1. The molecule has 52 heavy (non-hydrogen) atoms. The van der Waals surface area contributed by atoms with E-state index in [1.807, 2.05) is 43.3 Å². The van der Waals surface area contributed by atoms with E-state index in [-0.39, 0.29) is 68.1 Å². The van der Waals surface area contributed by atoms with Gasteiger partial charge in [0, 0.05) is 11.1 Å². The molecule has 0 atom stereocenters. The van der Waals surface area contributed by atoms with Crippen LogP contribution in [0.1, 0.15) is 39.2 Å². The summed E-state index contributed by atoms with van der Waals surface area (Å²) < 4.78 is 5.25. The SMILES string of the molecule is C=C(C)C(=O)Oc1ccc(-c2ccc3cc(-c4cc[c-]cc4)ccc3c2)cc1.C=C(C)[C-]=N.C=C(CC)C(=O)Nc1[c-]ccc(CC[C-]=N)c1.[U+2].[U+2]. The van der Waals surface area contributed by atoms with Gasteiger partial charge in [-0.25, -0.2) is 16.9 Å². The molecular formula is C44H41N3O3U2. The number of allylic oxidation sites excluding steroid dienone is 1. The number of hydrogen-bond acceptors (Lipinski definition) is 5. The van der Waals surface area contributed by atoms with Crippen molar-refractivity contribution in [3.8, 4) is 28.0 Å². The Morgan fingerprint density at radius 2 is 1.31 bits per heavy atom. The van der Waals surface area contributed by atoms with Gasteiger partial charge >= 0.3 is 68.2 Å². The standard InChI is InChI=1S/C26H19O2.C14H16N2O.C4H6N.2U/c1-18(2)26(27)28-25-14-12-20(13-15-25)22-9-11-23-16-21(8-10-24(23)17-22)19-6-4-3-5-7-19;1-3-11(2)14(17)16-13-8-4-6-12(10-13)7-5-9-15;1-4(2)3-5;;/h4-17H,1H2,2H3;4,6,10,15H,2-3,5,7H2,1H3,(H,16,17);5H,1H2,2H3;;/q-1;-2;-1;2*+2. The number of anilines is 1. The third kappa shape index (κ3) is 15.3. The van der Waals surface area contributed by atoms with Crippen LogP contribution in [0.2, 0.25) is 0 Å². The van der Waals surface area contributed by atoms with Crippen LogP contribution < -0.4 is 10.1 Å². The molecule has 5 rings (SSSR count). The zero-order valence-corrected chi connectivity index (χ0v) is 38.1. The van der Waals surface area contributed by atoms with Gasteiger partial charge in [0.05, 0.1) is 0 Å².